The average molecular weight is 332 g/mol. The van der Waals surface area contributed by atoms with Gasteiger partial charge in [-0.3, -0.25) is 9.89 Å². The summed E-state index contributed by atoms with van der Waals surface area (Å²) in [4.78, 5) is 9.12. The van der Waals surface area contributed by atoms with Crippen LogP contribution in [-0.2, 0) is 11.3 Å². The van der Waals surface area contributed by atoms with Gasteiger partial charge in [-0.05, 0) is 30.9 Å². The lowest BCUT2D eigenvalue weighted by Crippen LogP contribution is -2.43. The maximum Gasteiger partial charge on any atom is 0.193 e. The molecule has 0 unspecified atom stereocenters. The van der Waals surface area contributed by atoms with Gasteiger partial charge in [0, 0.05) is 53.4 Å². The van der Waals surface area contributed by atoms with Gasteiger partial charge in [-0.25, -0.2) is 0 Å². The van der Waals surface area contributed by atoms with Crippen molar-refractivity contribution in [3.63, 3.8) is 0 Å². The van der Waals surface area contributed by atoms with E-state index < -0.39 is 0 Å². The van der Waals surface area contributed by atoms with E-state index in [9.17, 15) is 0 Å². The van der Waals surface area contributed by atoms with Gasteiger partial charge in [0.05, 0.1) is 6.61 Å². The van der Waals surface area contributed by atoms with E-state index in [1.807, 2.05) is 7.05 Å². The Morgan fingerprint density at radius 1 is 1.29 bits per heavy atom. The molecule has 5 nitrogen and oxygen atoms in total. The van der Waals surface area contributed by atoms with Gasteiger partial charge in [0.2, 0.25) is 0 Å². The summed E-state index contributed by atoms with van der Waals surface area (Å²) >= 11 is 0. The van der Waals surface area contributed by atoms with Crippen molar-refractivity contribution in [2.24, 2.45) is 4.99 Å². The number of nitrogens with zero attached hydrogens (tertiary/aromatic N) is 3. The second-order valence-electron chi connectivity index (χ2n) is 6.52. The summed E-state index contributed by atoms with van der Waals surface area (Å²) in [6.07, 6.45) is 2.65. The SMILES string of the molecule is CN=C(NCCN(CCOC)C1CC1)N(C)Cc1ccccc1C. The lowest BCUT2D eigenvalue weighted by molar-refractivity contribution is 0.144. The molecule has 1 aliphatic carbocycles. The zero-order valence-corrected chi connectivity index (χ0v) is 15.6. The van der Waals surface area contributed by atoms with Crippen LogP contribution in [0.15, 0.2) is 29.3 Å². The van der Waals surface area contributed by atoms with E-state index in [4.69, 9.17) is 4.74 Å². The van der Waals surface area contributed by atoms with Crippen molar-refractivity contribution in [3.05, 3.63) is 35.4 Å². The first-order chi connectivity index (χ1) is 11.7. The number of rotatable bonds is 9. The second kappa shape index (κ2) is 9.64. The normalized spacial score (nSPS) is 15.0. The van der Waals surface area contributed by atoms with Gasteiger partial charge in [0.15, 0.2) is 5.96 Å². The van der Waals surface area contributed by atoms with Crippen molar-refractivity contribution in [2.75, 3.05) is 47.4 Å². The van der Waals surface area contributed by atoms with Gasteiger partial charge in [0.1, 0.15) is 0 Å². The van der Waals surface area contributed by atoms with Crippen molar-refractivity contribution in [1.29, 1.82) is 0 Å². The molecule has 2 rings (SSSR count). The number of aliphatic imine (C=N–C) groups is 1. The smallest absolute Gasteiger partial charge is 0.193 e. The molecule has 1 aliphatic rings. The number of ether oxygens (including phenoxy) is 1. The van der Waals surface area contributed by atoms with Gasteiger partial charge in [0.25, 0.3) is 0 Å². The predicted octanol–water partition coefficient (Wildman–Crippen LogP) is 2.11. The molecular weight excluding hydrogens is 300 g/mol. The molecule has 0 heterocycles. The summed E-state index contributed by atoms with van der Waals surface area (Å²) in [6, 6.07) is 9.27. The molecule has 134 valence electrons. The molecule has 1 N–H and O–H groups in total. The minimum atomic E-state index is 0.758. The summed E-state index contributed by atoms with van der Waals surface area (Å²) in [5.41, 5.74) is 2.65. The van der Waals surface area contributed by atoms with Crippen LogP contribution in [0.3, 0.4) is 0 Å². The first kappa shape index (κ1) is 18.7. The van der Waals surface area contributed by atoms with Crippen LogP contribution in [0.4, 0.5) is 0 Å². The number of hydrogen-bond acceptors (Lipinski definition) is 3. The first-order valence-electron chi connectivity index (χ1n) is 8.85. The standard InChI is InChI=1S/C19H32N4O/c1-16-7-5-6-8-17(16)15-22(3)19(20-2)21-11-12-23(13-14-24-4)18-9-10-18/h5-8,18H,9-15H2,1-4H3,(H,20,21). The molecule has 1 aromatic carbocycles. The Labute approximate surface area is 146 Å². The fourth-order valence-corrected chi connectivity index (χ4v) is 2.94. The Balaban J connectivity index is 1.79. The number of nitrogens with one attached hydrogen (secondary N) is 1. The number of methoxy groups -OCH3 is 1. The molecule has 1 fully saturated rings. The minimum absolute atomic E-state index is 0.758. The van der Waals surface area contributed by atoms with Crippen LogP contribution in [0, 0.1) is 6.92 Å². The highest BCUT2D eigenvalue weighted by Crippen LogP contribution is 2.25. The Morgan fingerprint density at radius 2 is 2.04 bits per heavy atom. The minimum Gasteiger partial charge on any atom is -0.383 e. The van der Waals surface area contributed by atoms with E-state index in [-0.39, 0.29) is 0 Å². The molecule has 1 saturated carbocycles. The maximum absolute atomic E-state index is 5.22. The van der Waals surface area contributed by atoms with E-state index in [1.54, 1.807) is 7.11 Å². The van der Waals surface area contributed by atoms with Crippen molar-refractivity contribution >= 4 is 5.96 Å². The largest absolute Gasteiger partial charge is 0.383 e. The van der Waals surface area contributed by atoms with Crippen LogP contribution in [-0.4, -0.2) is 69.2 Å². The summed E-state index contributed by atoms with van der Waals surface area (Å²) in [5, 5.41) is 3.49. The van der Waals surface area contributed by atoms with Crippen molar-refractivity contribution in [1.82, 2.24) is 15.1 Å². The molecule has 0 atom stereocenters. The van der Waals surface area contributed by atoms with Gasteiger partial charge in [-0.2, -0.15) is 0 Å². The third kappa shape index (κ3) is 5.80. The van der Waals surface area contributed by atoms with Gasteiger partial charge >= 0.3 is 0 Å². The number of guanidine groups is 1. The number of benzene rings is 1. The van der Waals surface area contributed by atoms with Crippen LogP contribution in [0.2, 0.25) is 0 Å². The summed E-state index contributed by atoms with van der Waals surface area (Å²) < 4.78 is 5.22. The highest BCUT2D eigenvalue weighted by Gasteiger charge is 2.28. The summed E-state index contributed by atoms with van der Waals surface area (Å²) in [5.74, 6) is 0.945. The lowest BCUT2D eigenvalue weighted by Gasteiger charge is -2.25. The van der Waals surface area contributed by atoms with Gasteiger partial charge < -0.3 is 15.0 Å². The molecule has 0 aliphatic heterocycles. The van der Waals surface area contributed by atoms with Crippen LogP contribution in [0.25, 0.3) is 0 Å². The number of aryl methyl sites for hydroxylation is 1. The quantitative estimate of drug-likeness (QED) is 0.555. The van der Waals surface area contributed by atoms with Crippen LogP contribution in [0.5, 0.6) is 0 Å². The van der Waals surface area contributed by atoms with Crippen molar-refractivity contribution in [3.8, 4) is 0 Å². The highest BCUT2D eigenvalue weighted by atomic mass is 16.5. The zero-order chi connectivity index (χ0) is 17.4. The van der Waals surface area contributed by atoms with Gasteiger partial charge in [-0.15, -0.1) is 0 Å². The molecule has 1 aromatic rings. The topological polar surface area (TPSA) is 40.1 Å². The number of hydrogen-bond donors (Lipinski definition) is 1. The van der Waals surface area contributed by atoms with E-state index in [2.05, 4.69) is 58.3 Å². The Bertz CT molecular complexity index is 528. The van der Waals surface area contributed by atoms with E-state index in [0.717, 1.165) is 44.8 Å². The zero-order valence-electron chi connectivity index (χ0n) is 15.6. The molecular formula is C19H32N4O. The Morgan fingerprint density at radius 3 is 2.67 bits per heavy atom. The molecule has 0 spiro atoms. The Hall–Kier alpha value is -1.59. The molecule has 0 radical (unpaired) electrons. The highest BCUT2D eigenvalue weighted by molar-refractivity contribution is 5.79. The molecule has 5 heteroatoms. The third-order valence-electron chi connectivity index (χ3n) is 4.57. The Kier molecular flexibility index (Phi) is 7.53. The molecule has 0 amide bonds. The monoisotopic (exact) mass is 332 g/mol. The van der Waals surface area contributed by atoms with E-state index >= 15 is 0 Å². The predicted molar refractivity (Wildman–Crippen MR) is 100 cm³/mol. The van der Waals surface area contributed by atoms with Crippen molar-refractivity contribution < 1.29 is 4.74 Å². The van der Waals surface area contributed by atoms with Gasteiger partial charge in [-0.1, -0.05) is 24.3 Å². The lowest BCUT2D eigenvalue weighted by atomic mass is 10.1. The summed E-state index contributed by atoms with van der Waals surface area (Å²) in [6.45, 7) is 6.78. The van der Waals surface area contributed by atoms with E-state index in [1.165, 1.54) is 24.0 Å². The van der Waals surface area contributed by atoms with Crippen molar-refractivity contribution in [2.45, 2.75) is 32.4 Å². The maximum atomic E-state index is 5.22. The average Bonchev–Trinajstić information content (AvgIpc) is 3.41. The summed E-state index contributed by atoms with van der Waals surface area (Å²) in [7, 11) is 5.71. The third-order valence-corrected chi connectivity index (χ3v) is 4.57. The fraction of sp³-hybridized carbons (Fsp3) is 0.632. The second-order valence-corrected chi connectivity index (χ2v) is 6.52. The molecule has 0 bridgehead atoms. The van der Waals surface area contributed by atoms with Crippen LogP contribution in [0.1, 0.15) is 24.0 Å². The molecule has 0 aromatic heterocycles. The molecule has 0 saturated heterocycles. The first-order valence-corrected chi connectivity index (χ1v) is 8.85. The van der Waals surface area contributed by atoms with E-state index in [0.29, 0.717) is 0 Å². The van der Waals surface area contributed by atoms with Crippen LogP contribution < -0.4 is 5.32 Å². The molecule has 24 heavy (non-hydrogen) atoms. The fourth-order valence-electron chi connectivity index (χ4n) is 2.94. The van der Waals surface area contributed by atoms with Crippen LogP contribution >= 0.6 is 0 Å².